The topological polar surface area (TPSA) is 67.4 Å². The second-order valence-electron chi connectivity index (χ2n) is 5.20. The maximum atomic E-state index is 11.4. The van der Waals surface area contributed by atoms with Crippen molar-refractivity contribution in [3.8, 4) is 0 Å². The first kappa shape index (κ1) is 18.7. The normalized spacial score (nSPS) is 11.8. The monoisotopic (exact) mass is 286 g/mol. The van der Waals surface area contributed by atoms with Crippen LogP contribution in [0.3, 0.4) is 0 Å². The van der Waals surface area contributed by atoms with Crippen molar-refractivity contribution in [3.05, 3.63) is 0 Å². The number of carbonyl (C=O) groups is 2. The molecule has 5 nitrogen and oxygen atoms in total. The second-order valence-corrected chi connectivity index (χ2v) is 5.20. The smallest absolute Gasteiger partial charge is 0.407 e. The van der Waals surface area contributed by atoms with Crippen LogP contribution in [0.15, 0.2) is 0 Å². The first-order valence-electron chi connectivity index (χ1n) is 7.74. The Kier molecular flexibility index (Phi) is 12.0. The molecular formula is C15H30N2O3. The molecule has 0 radical (unpaired) electrons. The molecule has 118 valence electrons. The summed E-state index contributed by atoms with van der Waals surface area (Å²) >= 11 is 0. The van der Waals surface area contributed by atoms with Gasteiger partial charge in [-0.05, 0) is 13.3 Å². The standard InChI is InChI=1S/C15H30N2O3/c1-4-5-6-7-8-9-10-11-13(2)17-15(19)20-12-14(18)16-3/h13H,4-12H2,1-3H3,(H,16,18)(H,17,19). The van der Waals surface area contributed by atoms with Crippen molar-refractivity contribution in [2.24, 2.45) is 0 Å². The van der Waals surface area contributed by atoms with Gasteiger partial charge in [0.2, 0.25) is 0 Å². The van der Waals surface area contributed by atoms with E-state index >= 15 is 0 Å². The number of likely N-dealkylation sites (N-methyl/N-ethyl adjacent to an activating group) is 1. The molecule has 0 aromatic heterocycles. The molecule has 2 N–H and O–H groups in total. The lowest BCUT2D eigenvalue weighted by Gasteiger charge is -2.13. The zero-order valence-electron chi connectivity index (χ0n) is 13.2. The fraction of sp³-hybridized carbons (Fsp3) is 0.867. The van der Waals surface area contributed by atoms with Gasteiger partial charge in [-0.3, -0.25) is 4.79 Å². The zero-order valence-corrected chi connectivity index (χ0v) is 13.2. The van der Waals surface area contributed by atoms with Crippen LogP contribution in [0.25, 0.3) is 0 Å². The Labute approximate surface area is 122 Å². The third-order valence-electron chi connectivity index (χ3n) is 3.22. The Morgan fingerprint density at radius 2 is 1.65 bits per heavy atom. The highest BCUT2D eigenvalue weighted by atomic mass is 16.6. The Bertz CT molecular complexity index is 270. The Morgan fingerprint density at radius 1 is 1.05 bits per heavy atom. The van der Waals surface area contributed by atoms with Crippen LogP contribution < -0.4 is 10.6 Å². The van der Waals surface area contributed by atoms with E-state index < -0.39 is 6.09 Å². The molecule has 0 aromatic rings. The Hall–Kier alpha value is -1.26. The molecule has 1 unspecified atom stereocenters. The lowest BCUT2D eigenvalue weighted by atomic mass is 10.1. The molecule has 2 amide bonds. The van der Waals surface area contributed by atoms with Gasteiger partial charge in [-0.25, -0.2) is 4.79 Å². The predicted octanol–water partition coefficient (Wildman–Crippen LogP) is 2.99. The maximum absolute atomic E-state index is 11.4. The van der Waals surface area contributed by atoms with E-state index in [4.69, 9.17) is 4.74 Å². The number of unbranched alkanes of at least 4 members (excludes halogenated alkanes) is 6. The molecule has 0 aliphatic carbocycles. The molecule has 0 aliphatic heterocycles. The third kappa shape index (κ3) is 11.8. The van der Waals surface area contributed by atoms with Gasteiger partial charge in [0, 0.05) is 13.1 Å². The predicted molar refractivity (Wildman–Crippen MR) is 80.6 cm³/mol. The molecule has 0 rings (SSSR count). The Morgan fingerprint density at radius 3 is 2.25 bits per heavy atom. The van der Waals surface area contributed by atoms with Crippen molar-refractivity contribution < 1.29 is 14.3 Å². The molecular weight excluding hydrogens is 256 g/mol. The summed E-state index contributed by atoms with van der Waals surface area (Å²) in [6.45, 7) is 3.95. The quantitative estimate of drug-likeness (QED) is 0.574. The van der Waals surface area contributed by atoms with E-state index in [1.165, 1.54) is 45.6 Å². The van der Waals surface area contributed by atoms with Gasteiger partial charge in [0.15, 0.2) is 6.61 Å². The molecule has 0 heterocycles. The van der Waals surface area contributed by atoms with Crippen molar-refractivity contribution in [3.63, 3.8) is 0 Å². The number of rotatable bonds is 11. The zero-order chi connectivity index (χ0) is 15.2. The van der Waals surface area contributed by atoms with Gasteiger partial charge >= 0.3 is 6.09 Å². The summed E-state index contributed by atoms with van der Waals surface area (Å²) in [7, 11) is 1.51. The average molecular weight is 286 g/mol. The van der Waals surface area contributed by atoms with E-state index in [-0.39, 0.29) is 18.6 Å². The van der Waals surface area contributed by atoms with Crippen LogP contribution in [0, 0.1) is 0 Å². The summed E-state index contributed by atoms with van der Waals surface area (Å²) in [5.74, 6) is -0.306. The van der Waals surface area contributed by atoms with Crippen molar-refractivity contribution >= 4 is 12.0 Å². The summed E-state index contributed by atoms with van der Waals surface area (Å²) in [5, 5.41) is 5.12. The SMILES string of the molecule is CCCCCCCCCC(C)NC(=O)OCC(=O)NC. The van der Waals surface area contributed by atoms with Crippen molar-refractivity contribution in [1.29, 1.82) is 0 Å². The van der Waals surface area contributed by atoms with Crippen molar-refractivity contribution in [2.45, 2.75) is 71.3 Å². The summed E-state index contributed by atoms with van der Waals surface area (Å²) in [6.07, 6.45) is 9.26. The number of nitrogens with one attached hydrogen (secondary N) is 2. The van der Waals surface area contributed by atoms with Gasteiger partial charge in [-0.2, -0.15) is 0 Å². The summed E-state index contributed by atoms with van der Waals surface area (Å²) in [4.78, 5) is 22.3. The highest BCUT2D eigenvalue weighted by molar-refractivity contribution is 5.79. The first-order valence-corrected chi connectivity index (χ1v) is 7.74. The van der Waals surface area contributed by atoms with Crippen LogP contribution in [0.5, 0.6) is 0 Å². The minimum absolute atomic E-state index is 0.0860. The maximum Gasteiger partial charge on any atom is 0.407 e. The van der Waals surface area contributed by atoms with E-state index in [9.17, 15) is 9.59 Å². The lowest BCUT2D eigenvalue weighted by molar-refractivity contribution is -0.123. The largest absolute Gasteiger partial charge is 0.439 e. The van der Waals surface area contributed by atoms with Crippen LogP contribution in [0.1, 0.15) is 65.2 Å². The summed E-state index contributed by atoms with van der Waals surface area (Å²) < 4.78 is 4.78. The van der Waals surface area contributed by atoms with Crippen molar-refractivity contribution in [2.75, 3.05) is 13.7 Å². The van der Waals surface area contributed by atoms with Crippen LogP contribution >= 0.6 is 0 Å². The minimum atomic E-state index is -0.524. The molecule has 0 aliphatic rings. The van der Waals surface area contributed by atoms with E-state index in [0.29, 0.717) is 0 Å². The molecule has 0 aromatic carbocycles. The number of ether oxygens (including phenoxy) is 1. The number of hydrogen-bond donors (Lipinski definition) is 2. The second kappa shape index (κ2) is 12.8. The van der Waals surface area contributed by atoms with Crippen molar-refractivity contribution in [1.82, 2.24) is 10.6 Å². The fourth-order valence-corrected chi connectivity index (χ4v) is 1.93. The Balaban J connectivity index is 3.45. The van der Waals surface area contributed by atoms with Crippen LogP contribution in [-0.4, -0.2) is 31.7 Å². The molecule has 0 saturated carbocycles. The van der Waals surface area contributed by atoms with Crippen LogP contribution in [0.2, 0.25) is 0 Å². The molecule has 0 saturated heterocycles. The van der Waals surface area contributed by atoms with E-state index in [1.807, 2.05) is 6.92 Å². The first-order chi connectivity index (χ1) is 9.60. The number of carbonyl (C=O) groups excluding carboxylic acids is 2. The van der Waals surface area contributed by atoms with Crippen LogP contribution in [-0.2, 0) is 9.53 Å². The average Bonchev–Trinajstić information content (AvgIpc) is 2.43. The van der Waals surface area contributed by atoms with Crippen LogP contribution in [0.4, 0.5) is 4.79 Å². The highest BCUT2D eigenvalue weighted by Gasteiger charge is 2.09. The van der Waals surface area contributed by atoms with Gasteiger partial charge in [0.05, 0.1) is 0 Å². The summed E-state index contributed by atoms with van der Waals surface area (Å²) in [6, 6.07) is 0.0860. The molecule has 0 bridgehead atoms. The molecule has 5 heteroatoms. The van der Waals surface area contributed by atoms with Gasteiger partial charge in [-0.15, -0.1) is 0 Å². The van der Waals surface area contributed by atoms with Gasteiger partial charge < -0.3 is 15.4 Å². The van der Waals surface area contributed by atoms with E-state index in [0.717, 1.165) is 12.8 Å². The number of alkyl carbamates (subject to hydrolysis) is 1. The summed E-state index contributed by atoms with van der Waals surface area (Å²) in [5.41, 5.74) is 0. The molecule has 1 atom stereocenters. The minimum Gasteiger partial charge on any atom is -0.439 e. The van der Waals surface area contributed by atoms with Gasteiger partial charge in [-0.1, -0.05) is 51.9 Å². The highest BCUT2D eigenvalue weighted by Crippen LogP contribution is 2.09. The third-order valence-corrected chi connectivity index (χ3v) is 3.22. The van der Waals surface area contributed by atoms with E-state index in [2.05, 4.69) is 17.6 Å². The molecule has 0 fully saturated rings. The molecule has 20 heavy (non-hydrogen) atoms. The lowest BCUT2D eigenvalue weighted by Crippen LogP contribution is -2.35. The number of amides is 2. The number of hydrogen-bond acceptors (Lipinski definition) is 3. The molecule has 0 spiro atoms. The van der Waals surface area contributed by atoms with E-state index in [1.54, 1.807) is 0 Å². The fourth-order valence-electron chi connectivity index (χ4n) is 1.93. The van der Waals surface area contributed by atoms with Gasteiger partial charge in [0.25, 0.3) is 5.91 Å². The van der Waals surface area contributed by atoms with Gasteiger partial charge in [0.1, 0.15) is 0 Å².